The fraction of sp³-hybridized carbons (Fsp3) is 0.812. The van der Waals surface area contributed by atoms with Gasteiger partial charge in [-0.15, -0.1) is 0 Å². The Hall–Kier alpha value is -1.43. The number of hydrogen-bond donors (Lipinski definition) is 3. The van der Waals surface area contributed by atoms with E-state index in [2.05, 4.69) is 0 Å². The molecular formula is C16H23F6NO8S2. The highest BCUT2D eigenvalue weighted by molar-refractivity contribution is 7.90. The second-order valence-electron chi connectivity index (χ2n) is 7.77. The first-order chi connectivity index (χ1) is 14.6. The van der Waals surface area contributed by atoms with E-state index in [1.54, 1.807) is 6.92 Å². The standard InChI is InChI=1S/C16H23F6NO8S2/c1-3-13(2,9-24)12(26)8-11(25)10-4-6-23(7-5-10)32(27,28)15(19,20)14(17,18)16(21,22)33(29,30)31/h8,10,24,26H,3-7,9H2,1-2H3,(H,29,30,31). The van der Waals surface area contributed by atoms with Crippen LogP contribution in [0, 0.1) is 11.3 Å². The van der Waals surface area contributed by atoms with Crippen LogP contribution in [0.1, 0.15) is 33.1 Å². The number of aliphatic hydroxyl groups excluding tert-OH is 2. The summed E-state index contributed by atoms with van der Waals surface area (Å²) in [4.78, 5) is 12.3. The van der Waals surface area contributed by atoms with Crippen molar-refractivity contribution in [3.63, 3.8) is 0 Å². The molecule has 0 radical (unpaired) electrons. The van der Waals surface area contributed by atoms with Gasteiger partial charge in [-0.25, -0.2) is 8.42 Å². The number of sulfonamides is 1. The van der Waals surface area contributed by atoms with Crippen molar-refractivity contribution in [1.29, 1.82) is 0 Å². The van der Waals surface area contributed by atoms with E-state index in [-0.39, 0.29) is 10.7 Å². The van der Waals surface area contributed by atoms with Crippen LogP contribution in [0.15, 0.2) is 11.8 Å². The second kappa shape index (κ2) is 9.31. The average Bonchev–Trinajstić information content (AvgIpc) is 2.71. The monoisotopic (exact) mass is 535 g/mol. The highest BCUT2D eigenvalue weighted by atomic mass is 32.2. The summed E-state index contributed by atoms with van der Waals surface area (Å²) in [6.45, 7) is 0.553. The zero-order valence-electron chi connectivity index (χ0n) is 17.3. The number of nitrogens with zero attached hydrogens (tertiary/aromatic N) is 1. The number of halogens is 6. The lowest BCUT2D eigenvalue weighted by atomic mass is 9.84. The van der Waals surface area contributed by atoms with Crippen molar-refractivity contribution >= 4 is 25.9 Å². The molecule has 1 atom stereocenters. The van der Waals surface area contributed by atoms with Gasteiger partial charge in [0.1, 0.15) is 5.76 Å². The fourth-order valence-electron chi connectivity index (χ4n) is 2.84. The van der Waals surface area contributed by atoms with Gasteiger partial charge in [0.2, 0.25) is 0 Å². The molecule has 194 valence electrons. The van der Waals surface area contributed by atoms with Crippen molar-refractivity contribution in [2.75, 3.05) is 19.7 Å². The minimum absolute atomic E-state index is 0.229. The Morgan fingerprint density at radius 1 is 1.03 bits per heavy atom. The average molecular weight is 535 g/mol. The highest BCUT2D eigenvalue weighted by Gasteiger charge is 2.82. The number of carbonyl (C=O) groups excluding carboxylic acids is 1. The number of alkyl halides is 6. The lowest BCUT2D eigenvalue weighted by molar-refractivity contribution is -0.247. The topological polar surface area (TPSA) is 149 Å². The van der Waals surface area contributed by atoms with Gasteiger partial charge in [0.25, 0.3) is 10.0 Å². The number of carbonyl (C=O) groups is 1. The zero-order chi connectivity index (χ0) is 26.3. The maximum Gasteiger partial charge on any atom is 0.439 e. The molecule has 1 aliphatic rings. The van der Waals surface area contributed by atoms with Crippen molar-refractivity contribution in [2.45, 2.75) is 49.5 Å². The van der Waals surface area contributed by atoms with Crippen molar-refractivity contribution in [2.24, 2.45) is 11.3 Å². The molecule has 1 saturated heterocycles. The molecule has 33 heavy (non-hydrogen) atoms. The third kappa shape index (κ3) is 5.01. The number of hydrogen-bond acceptors (Lipinski definition) is 7. The van der Waals surface area contributed by atoms with Crippen LogP contribution < -0.4 is 0 Å². The number of rotatable bonds is 10. The van der Waals surface area contributed by atoms with Gasteiger partial charge in [-0.3, -0.25) is 9.35 Å². The Bertz CT molecular complexity index is 984. The second-order valence-corrected chi connectivity index (χ2v) is 11.2. The Kier molecular flexibility index (Phi) is 8.36. The third-order valence-electron chi connectivity index (χ3n) is 5.60. The Morgan fingerprint density at radius 2 is 1.48 bits per heavy atom. The van der Waals surface area contributed by atoms with Crippen LogP contribution in [-0.4, -0.2) is 77.8 Å². The molecule has 3 N–H and O–H groups in total. The smallest absolute Gasteiger partial charge is 0.439 e. The number of aliphatic hydroxyl groups is 2. The van der Waals surface area contributed by atoms with Crippen LogP contribution in [0.3, 0.4) is 0 Å². The normalized spacial score (nSPS) is 20.5. The molecule has 0 saturated carbocycles. The lowest BCUT2D eigenvalue weighted by Crippen LogP contribution is -2.63. The summed E-state index contributed by atoms with van der Waals surface area (Å²) in [5.74, 6) is -9.35. The van der Waals surface area contributed by atoms with E-state index in [9.17, 15) is 58.2 Å². The lowest BCUT2D eigenvalue weighted by Gasteiger charge is -2.36. The van der Waals surface area contributed by atoms with E-state index in [1.165, 1.54) is 6.92 Å². The maximum atomic E-state index is 14.1. The third-order valence-corrected chi connectivity index (χ3v) is 8.46. The molecule has 0 spiro atoms. The molecular weight excluding hydrogens is 512 g/mol. The first kappa shape index (κ1) is 29.6. The fourth-order valence-corrected chi connectivity index (χ4v) is 4.82. The van der Waals surface area contributed by atoms with Crippen LogP contribution in [0.25, 0.3) is 0 Å². The first-order valence-corrected chi connectivity index (χ1v) is 12.2. The predicted molar refractivity (Wildman–Crippen MR) is 101 cm³/mol. The summed E-state index contributed by atoms with van der Waals surface area (Å²) < 4.78 is 135. The van der Waals surface area contributed by atoms with Crippen molar-refractivity contribution < 1.29 is 62.7 Å². The van der Waals surface area contributed by atoms with E-state index >= 15 is 0 Å². The number of allylic oxidation sites excluding steroid dienone is 1. The van der Waals surface area contributed by atoms with Crippen LogP contribution in [-0.2, 0) is 24.9 Å². The summed E-state index contributed by atoms with van der Waals surface area (Å²) in [6, 6.07) is 0. The van der Waals surface area contributed by atoms with Crippen LogP contribution in [0.5, 0.6) is 0 Å². The van der Waals surface area contributed by atoms with Crippen molar-refractivity contribution in [3.8, 4) is 0 Å². The quantitative estimate of drug-likeness (QED) is 0.167. The van der Waals surface area contributed by atoms with Gasteiger partial charge < -0.3 is 10.2 Å². The number of piperidine rings is 1. The molecule has 1 unspecified atom stereocenters. The van der Waals surface area contributed by atoms with E-state index in [0.29, 0.717) is 0 Å². The first-order valence-electron chi connectivity index (χ1n) is 9.30. The summed E-state index contributed by atoms with van der Waals surface area (Å²) in [5.41, 5.74) is -1.16. The molecule has 17 heteroatoms. The van der Waals surface area contributed by atoms with Gasteiger partial charge in [-0.1, -0.05) is 13.8 Å². The van der Waals surface area contributed by atoms with E-state index in [4.69, 9.17) is 4.55 Å². The van der Waals surface area contributed by atoms with Gasteiger partial charge >= 0.3 is 26.5 Å². The Balaban J connectivity index is 3.11. The minimum Gasteiger partial charge on any atom is -0.512 e. The summed E-state index contributed by atoms with van der Waals surface area (Å²) in [5, 5.41) is 5.90. The Morgan fingerprint density at radius 3 is 1.85 bits per heavy atom. The molecule has 1 aliphatic heterocycles. The van der Waals surface area contributed by atoms with E-state index in [1.807, 2.05) is 0 Å². The van der Waals surface area contributed by atoms with Gasteiger partial charge in [-0.05, 0) is 19.3 Å². The van der Waals surface area contributed by atoms with Gasteiger partial charge in [-0.2, -0.15) is 39.1 Å². The van der Waals surface area contributed by atoms with Crippen LogP contribution >= 0.6 is 0 Å². The van der Waals surface area contributed by atoms with E-state index < -0.39 is 92.0 Å². The number of ketones is 1. The molecule has 0 aliphatic carbocycles. The molecule has 1 rings (SSSR count). The predicted octanol–water partition coefficient (Wildman–Crippen LogP) is 2.16. The van der Waals surface area contributed by atoms with Gasteiger partial charge in [0.15, 0.2) is 5.78 Å². The van der Waals surface area contributed by atoms with Crippen LogP contribution in [0.2, 0.25) is 0 Å². The molecule has 1 heterocycles. The maximum absolute atomic E-state index is 14.1. The molecule has 0 aromatic heterocycles. The largest absolute Gasteiger partial charge is 0.512 e. The van der Waals surface area contributed by atoms with Crippen molar-refractivity contribution in [1.82, 2.24) is 4.31 Å². The summed E-state index contributed by atoms with van der Waals surface area (Å²) >= 11 is 0. The van der Waals surface area contributed by atoms with Crippen molar-refractivity contribution in [3.05, 3.63) is 11.8 Å². The molecule has 0 bridgehead atoms. The van der Waals surface area contributed by atoms with Crippen LogP contribution in [0.4, 0.5) is 26.3 Å². The summed E-state index contributed by atoms with van der Waals surface area (Å²) in [7, 11) is -13.7. The molecule has 0 aromatic rings. The summed E-state index contributed by atoms with van der Waals surface area (Å²) in [6.07, 6.45) is -0.0302. The Labute approximate surface area is 185 Å². The molecule has 0 aromatic carbocycles. The molecule has 1 fully saturated rings. The molecule has 9 nitrogen and oxygen atoms in total. The van der Waals surface area contributed by atoms with Gasteiger partial charge in [0, 0.05) is 30.5 Å². The minimum atomic E-state index is -7.12. The van der Waals surface area contributed by atoms with E-state index in [0.717, 1.165) is 6.08 Å². The SMILES string of the molecule is CCC(C)(CO)C(O)=CC(=O)C1CCN(S(=O)(=O)C(F)(F)C(F)(F)C(F)(F)S(=O)(=O)O)CC1. The zero-order valence-corrected chi connectivity index (χ0v) is 18.9. The molecule has 0 amide bonds. The van der Waals surface area contributed by atoms with Gasteiger partial charge in [0.05, 0.1) is 6.61 Å². The highest BCUT2D eigenvalue weighted by Crippen LogP contribution is 2.51.